The molecule has 4 nitrogen and oxygen atoms in total. The maximum absolute atomic E-state index is 9.94. The van der Waals surface area contributed by atoms with Gasteiger partial charge in [-0.2, -0.15) is 0 Å². The maximum atomic E-state index is 9.94. The minimum Gasteiger partial charge on any atom is -0.386 e. The third kappa shape index (κ3) is 6.54. The molecule has 0 saturated heterocycles. The molecule has 0 aliphatic carbocycles. The van der Waals surface area contributed by atoms with Crippen LogP contribution in [-0.2, 0) is 33.9 Å². The van der Waals surface area contributed by atoms with Crippen molar-refractivity contribution in [3.63, 3.8) is 0 Å². The summed E-state index contributed by atoms with van der Waals surface area (Å²) in [5.74, 6) is 0. The Hall–Kier alpha value is -1.72. The van der Waals surface area contributed by atoms with Gasteiger partial charge >= 0.3 is 0 Å². The van der Waals surface area contributed by atoms with Crippen LogP contribution in [0.25, 0.3) is 0 Å². The molecule has 0 heterocycles. The first kappa shape index (κ1) is 20.6. The summed E-state index contributed by atoms with van der Waals surface area (Å²) in [6, 6.07) is 15.6. The number of benzene rings is 2. The van der Waals surface area contributed by atoms with Gasteiger partial charge in [0.15, 0.2) is 0 Å². The molecule has 0 unspecified atom stereocenters. The third-order valence-corrected chi connectivity index (χ3v) is 4.23. The van der Waals surface area contributed by atoms with E-state index in [-0.39, 0.29) is 0 Å². The zero-order valence-electron chi connectivity index (χ0n) is 16.2. The molecule has 0 amide bonds. The molecule has 26 heavy (non-hydrogen) atoms. The highest BCUT2D eigenvalue weighted by Gasteiger charge is 2.15. The predicted molar refractivity (Wildman–Crippen MR) is 103 cm³/mol. The second kappa shape index (κ2) is 8.78. The number of rotatable bonds is 9. The molecule has 0 saturated carbocycles. The van der Waals surface area contributed by atoms with Crippen LogP contribution in [0.2, 0.25) is 0 Å². The first-order chi connectivity index (χ1) is 12.2. The lowest BCUT2D eigenvalue weighted by Crippen LogP contribution is -2.15. The Bertz CT molecular complexity index is 600. The van der Waals surface area contributed by atoms with Crippen molar-refractivity contribution in [1.82, 2.24) is 0 Å². The summed E-state index contributed by atoms with van der Waals surface area (Å²) < 4.78 is 11.3. The molecule has 2 rings (SSSR count). The molecule has 0 atom stereocenters. The average molecular weight is 358 g/mol. The van der Waals surface area contributed by atoms with Gasteiger partial charge < -0.3 is 19.7 Å². The van der Waals surface area contributed by atoms with Gasteiger partial charge in [0, 0.05) is 0 Å². The highest BCUT2D eigenvalue weighted by molar-refractivity contribution is 5.26. The van der Waals surface area contributed by atoms with Gasteiger partial charge in [0.1, 0.15) is 0 Å². The highest BCUT2D eigenvalue weighted by atomic mass is 16.5. The number of aliphatic hydroxyl groups is 2. The van der Waals surface area contributed by atoms with Gasteiger partial charge in [-0.3, -0.25) is 0 Å². The van der Waals surface area contributed by atoms with Crippen molar-refractivity contribution < 1.29 is 19.7 Å². The number of hydrogen-bond acceptors (Lipinski definition) is 4. The average Bonchev–Trinajstić information content (AvgIpc) is 2.57. The molecule has 2 aromatic rings. The predicted octanol–water partition coefficient (Wildman–Crippen LogP) is 3.87. The van der Waals surface area contributed by atoms with E-state index in [0.29, 0.717) is 26.4 Å². The van der Waals surface area contributed by atoms with Crippen LogP contribution in [0.5, 0.6) is 0 Å². The van der Waals surface area contributed by atoms with Gasteiger partial charge in [0.25, 0.3) is 0 Å². The fourth-order valence-corrected chi connectivity index (χ4v) is 2.52. The topological polar surface area (TPSA) is 58.9 Å². The summed E-state index contributed by atoms with van der Waals surface area (Å²) in [6.45, 7) is 9.18. The standard InChI is InChI=1S/C22H30O4/c1-21(2,23)19-9-5-17(6-10-19)15-25-13-14-26-16-18-7-11-20(12-8-18)22(3,4)24/h5-12,23-24H,13-16H2,1-4H3. The zero-order valence-corrected chi connectivity index (χ0v) is 16.2. The highest BCUT2D eigenvalue weighted by Crippen LogP contribution is 2.20. The van der Waals surface area contributed by atoms with Crippen LogP contribution in [-0.4, -0.2) is 23.4 Å². The van der Waals surface area contributed by atoms with Crippen molar-refractivity contribution in [2.45, 2.75) is 52.1 Å². The second-order valence-electron chi connectivity index (χ2n) is 7.62. The van der Waals surface area contributed by atoms with E-state index in [1.54, 1.807) is 27.7 Å². The fraction of sp³-hybridized carbons (Fsp3) is 0.455. The Balaban J connectivity index is 1.65. The van der Waals surface area contributed by atoms with E-state index < -0.39 is 11.2 Å². The lowest BCUT2D eigenvalue weighted by atomic mass is 9.97. The van der Waals surface area contributed by atoms with E-state index in [1.165, 1.54) is 0 Å². The quantitative estimate of drug-likeness (QED) is 0.668. The first-order valence-corrected chi connectivity index (χ1v) is 8.95. The molecule has 4 heteroatoms. The summed E-state index contributed by atoms with van der Waals surface area (Å²) >= 11 is 0. The molecule has 0 aliphatic heterocycles. The molecule has 0 aliphatic rings. The molecule has 0 bridgehead atoms. The fourth-order valence-electron chi connectivity index (χ4n) is 2.52. The van der Waals surface area contributed by atoms with Crippen molar-refractivity contribution in [2.24, 2.45) is 0 Å². The van der Waals surface area contributed by atoms with Gasteiger partial charge in [0.2, 0.25) is 0 Å². The minimum absolute atomic E-state index is 0.523. The van der Waals surface area contributed by atoms with Gasteiger partial charge in [-0.25, -0.2) is 0 Å². The van der Waals surface area contributed by atoms with Gasteiger partial charge in [-0.1, -0.05) is 48.5 Å². The number of ether oxygens (including phenoxy) is 2. The summed E-state index contributed by atoms with van der Waals surface area (Å²) in [6.07, 6.45) is 0. The van der Waals surface area contributed by atoms with E-state index in [9.17, 15) is 10.2 Å². The van der Waals surface area contributed by atoms with Gasteiger partial charge in [0.05, 0.1) is 37.6 Å². The van der Waals surface area contributed by atoms with E-state index in [2.05, 4.69) is 0 Å². The van der Waals surface area contributed by atoms with Crippen LogP contribution in [0, 0.1) is 0 Å². The van der Waals surface area contributed by atoms with Crippen LogP contribution < -0.4 is 0 Å². The molecule has 0 fully saturated rings. The Kier molecular flexibility index (Phi) is 6.95. The Morgan fingerprint density at radius 3 is 1.19 bits per heavy atom. The molecular formula is C22H30O4. The minimum atomic E-state index is -0.821. The summed E-state index contributed by atoms with van der Waals surface area (Å²) in [5, 5.41) is 19.9. The molecule has 0 aromatic heterocycles. The van der Waals surface area contributed by atoms with E-state index in [4.69, 9.17) is 9.47 Å². The Morgan fingerprint density at radius 2 is 0.923 bits per heavy atom. The Labute approximate surface area is 156 Å². The molecule has 0 radical (unpaired) electrons. The third-order valence-electron chi connectivity index (χ3n) is 4.23. The van der Waals surface area contributed by atoms with E-state index in [1.807, 2.05) is 48.5 Å². The smallest absolute Gasteiger partial charge is 0.0840 e. The first-order valence-electron chi connectivity index (χ1n) is 8.95. The summed E-state index contributed by atoms with van der Waals surface area (Å²) in [5.41, 5.74) is 2.28. The molecule has 2 N–H and O–H groups in total. The van der Waals surface area contributed by atoms with Crippen molar-refractivity contribution in [1.29, 1.82) is 0 Å². The van der Waals surface area contributed by atoms with Crippen molar-refractivity contribution >= 4 is 0 Å². The van der Waals surface area contributed by atoms with Crippen LogP contribution in [0.15, 0.2) is 48.5 Å². The summed E-state index contributed by atoms with van der Waals surface area (Å²) in [4.78, 5) is 0. The van der Waals surface area contributed by atoms with Gasteiger partial charge in [-0.15, -0.1) is 0 Å². The zero-order chi connectivity index (χ0) is 19.2. The van der Waals surface area contributed by atoms with Gasteiger partial charge in [-0.05, 0) is 49.9 Å². The van der Waals surface area contributed by atoms with Crippen LogP contribution >= 0.6 is 0 Å². The number of hydrogen-bond donors (Lipinski definition) is 2. The monoisotopic (exact) mass is 358 g/mol. The molecule has 0 spiro atoms. The molecular weight excluding hydrogens is 328 g/mol. The van der Waals surface area contributed by atoms with E-state index in [0.717, 1.165) is 22.3 Å². The molecule has 2 aromatic carbocycles. The normalized spacial score (nSPS) is 12.4. The van der Waals surface area contributed by atoms with Crippen molar-refractivity contribution in [3.05, 3.63) is 70.8 Å². The van der Waals surface area contributed by atoms with Crippen LogP contribution in [0.4, 0.5) is 0 Å². The molecule has 142 valence electrons. The van der Waals surface area contributed by atoms with Crippen molar-refractivity contribution in [3.8, 4) is 0 Å². The summed E-state index contributed by atoms with van der Waals surface area (Å²) in [7, 11) is 0. The largest absolute Gasteiger partial charge is 0.386 e. The maximum Gasteiger partial charge on any atom is 0.0840 e. The van der Waals surface area contributed by atoms with Crippen molar-refractivity contribution in [2.75, 3.05) is 13.2 Å². The van der Waals surface area contributed by atoms with E-state index >= 15 is 0 Å². The lowest BCUT2D eigenvalue weighted by Gasteiger charge is -2.18. The van der Waals surface area contributed by atoms with Crippen LogP contribution in [0.3, 0.4) is 0 Å². The lowest BCUT2D eigenvalue weighted by molar-refractivity contribution is 0.0337. The SMILES string of the molecule is CC(C)(O)c1ccc(COCCOCc2ccc(C(C)(C)O)cc2)cc1. The Morgan fingerprint density at radius 1 is 0.615 bits per heavy atom. The van der Waals surface area contributed by atoms with Crippen LogP contribution in [0.1, 0.15) is 49.9 Å². The second-order valence-corrected chi connectivity index (χ2v) is 7.62.